The minimum Gasteiger partial charge on any atom is -0.496 e. The fourth-order valence-electron chi connectivity index (χ4n) is 3.41. The highest BCUT2D eigenvalue weighted by Gasteiger charge is 2.21. The van der Waals surface area contributed by atoms with Crippen LogP contribution in [0.15, 0.2) is 6.07 Å². The monoisotopic (exact) mass is 298 g/mol. The Labute approximate surface area is 130 Å². The molecule has 3 rings (SSSR count). The first kappa shape index (κ1) is 14.7. The van der Waals surface area contributed by atoms with Crippen molar-refractivity contribution in [2.45, 2.75) is 27.7 Å². The number of aryl methyl sites for hydroxylation is 4. The van der Waals surface area contributed by atoms with Gasteiger partial charge in [0.1, 0.15) is 17.0 Å². The lowest BCUT2D eigenvalue weighted by Gasteiger charge is -2.15. The molecule has 0 unspecified atom stereocenters. The molecule has 4 nitrogen and oxygen atoms in total. The topological polar surface area (TPSA) is 36.3 Å². The molecule has 1 aromatic carbocycles. The van der Waals surface area contributed by atoms with Gasteiger partial charge in [0.05, 0.1) is 25.1 Å². The van der Waals surface area contributed by atoms with Crippen LogP contribution in [0.4, 0.5) is 0 Å². The van der Waals surface area contributed by atoms with Gasteiger partial charge in [0, 0.05) is 23.8 Å². The second-order valence-electron chi connectivity index (χ2n) is 5.84. The zero-order valence-electron chi connectivity index (χ0n) is 14.3. The normalized spacial score (nSPS) is 11.4. The molecule has 0 N–H and O–H groups in total. The van der Waals surface area contributed by atoms with Crippen molar-refractivity contribution in [3.8, 4) is 11.5 Å². The first-order valence-electron chi connectivity index (χ1n) is 7.39. The second kappa shape index (κ2) is 4.90. The predicted molar refractivity (Wildman–Crippen MR) is 90.3 cm³/mol. The van der Waals surface area contributed by atoms with Gasteiger partial charge in [0.15, 0.2) is 0 Å². The minimum atomic E-state index is 0.787. The summed E-state index contributed by atoms with van der Waals surface area (Å²) in [4.78, 5) is 4.82. The molecule has 0 atom stereocenters. The summed E-state index contributed by atoms with van der Waals surface area (Å²) in [5, 5.41) is 2.23. The number of fused-ring (bicyclic) bond motifs is 3. The molecule has 116 valence electrons. The Balaban J connectivity index is 2.72. The van der Waals surface area contributed by atoms with E-state index in [2.05, 4.69) is 32.4 Å². The van der Waals surface area contributed by atoms with Gasteiger partial charge in [-0.15, -0.1) is 0 Å². The lowest BCUT2D eigenvalue weighted by molar-refractivity contribution is 0.407. The maximum Gasteiger partial charge on any atom is 0.145 e. The average molecular weight is 298 g/mol. The van der Waals surface area contributed by atoms with E-state index < -0.39 is 0 Å². The van der Waals surface area contributed by atoms with E-state index in [9.17, 15) is 0 Å². The van der Waals surface area contributed by atoms with Gasteiger partial charge >= 0.3 is 0 Å². The lowest BCUT2D eigenvalue weighted by Crippen LogP contribution is -1.99. The van der Waals surface area contributed by atoms with Crippen LogP contribution < -0.4 is 9.47 Å². The number of methoxy groups -OCH3 is 2. The van der Waals surface area contributed by atoms with Gasteiger partial charge in [-0.1, -0.05) is 0 Å². The molecule has 2 heterocycles. The zero-order chi connectivity index (χ0) is 16.2. The Hall–Kier alpha value is -2.23. The van der Waals surface area contributed by atoms with Gasteiger partial charge in [-0.25, -0.2) is 4.98 Å². The van der Waals surface area contributed by atoms with Crippen molar-refractivity contribution >= 4 is 21.8 Å². The maximum absolute atomic E-state index is 5.70. The third-order valence-corrected chi connectivity index (χ3v) is 4.70. The highest BCUT2D eigenvalue weighted by atomic mass is 16.5. The lowest BCUT2D eigenvalue weighted by atomic mass is 10.0. The van der Waals surface area contributed by atoms with Gasteiger partial charge in [-0.2, -0.15) is 0 Å². The first-order chi connectivity index (χ1) is 10.4. The molecular formula is C18H22N2O2. The summed E-state index contributed by atoms with van der Waals surface area (Å²) >= 11 is 0. The van der Waals surface area contributed by atoms with Crippen LogP contribution in [-0.4, -0.2) is 23.8 Å². The summed E-state index contributed by atoms with van der Waals surface area (Å²) in [6, 6.07) is 1.99. The molecule has 0 saturated carbocycles. The Morgan fingerprint density at radius 1 is 1.00 bits per heavy atom. The van der Waals surface area contributed by atoms with Crippen LogP contribution in [0.1, 0.15) is 22.5 Å². The number of hydrogen-bond acceptors (Lipinski definition) is 3. The van der Waals surface area contributed by atoms with Crippen LogP contribution in [0.3, 0.4) is 0 Å². The van der Waals surface area contributed by atoms with Crippen LogP contribution >= 0.6 is 0 Å². The summed E-state index contributed by atoms with van der Waals surface area (Å²) in [7, 11) is 5.49. The number of rotatable bonds is 2. The van der Waals surface area contributed by atoms with E-state index in [4.69, 9.17) is 14.5 Å². The summed E-state index contributed by atoms with van der Waals surface area (Å²) in [5.41, 5.74) is 6.61. The summed E-state index contributed by atoms with van der Waals surface area (Å²) in [5.74, 6) is 1.66. The standard InChI is InChI=1S/C18H22N2O2/c1-9-8-13(21-6)16-15(18(9)22-7)17-14(11(3)19-16)10(2)12(4)20(17)5/h8H,1-7H3. The number of nitrogens with zero attached hydrogens (tertiary/aromatic N) is 2. The molecule has 0 aliphatic rings. The molecule has 3 aromatic rings. The minimum absolute atomic E-state index is 0.787. The molecule has 22 heavy (non-hydrogen) atoms. The molecule has 0 amide bonds. The Morgan fingerprint density at radius 2 is 1.68 bits per heavy atom. The third-order valence-electron chi connectivity index (χ3n) is 4.70. The van der Waals surface area contributed by atoms with Crippen LogP contribution in [-0.2, 0) is 7.05 Å². The zero-order valence-corrected chi connectivity index (χ0v) is 14.3. The van der Waals surface area contributed by atoms with Gasteiger partial charge in [0.2, 0.25) is 0 Å². The van der Waals surface area contributed by atoms with E-state index in [0.717, 1.165) is 39.2 Å². The predicted octanol–water partition coefficient (Wildman–Crippen LogP) is 3.98. The Bertz CT molecular complexity index is 907. The van der Waals surface area contributed by atoms with E-state index in [-0.39, 0.29) is 0 Å². The molecule has 0 fully saturated rings. The summed E-state index contributed by atoms with van der Waals surface area (Å²) < 4.78 is 13.5. The first-order valence-corrected chi connectivity index (χ1v) is 7.39. The van der Waals surface area contributed by atoms with Gasteiger partial charge < -0.3 is 14.0 Å². The maximum atomic E-state index is 5.70. The number of benzene rings is 1. The van der Waals surface area contributed by atoms with Crippen LogP contribution in [0.2, 0.25) is 0 Å². The third kappa shape index (κ3) is 1.73. The molecular weight excluding hydrogens is 276 g/mol. The fourth-order valence-corrected chi connectivity index (χ4v) is 3.41. The molecule has 0 spiro atoms. The van der Waals surface area contributed by atoms with Crippen LogP contribution in [0.25, 0.3) is 21.8 Å². The summed E-state index contributed by atoms with van der Waals surface area (Å²) in [6.07, 6.45) is 0. The smallest absolute Gasteiger partial charge is 0.145 e. The molecule has 0 aliphatic heterocycles. The van der Waals surface area contributed by atoms with Crippen molar-refractivity contribution in [2.24, 2.45) is 7.05 Å². The average Bonchev–Trinajstić information content (AvgIpc) is 2.72. The van der Waals surface area contributed by atoms with E-state index in [1.54, 1.807) is 14.2 Å². The fraction of sp³-hybridized carbons (Fsp3) is 0.389. The highest BCUT2D eigenvalue weighted by molar-refractivity contribution is 6.12. The molecule has 0 bridgehead atoms. The number of pyridine rings is 1. The molecule has 0 radical (unpaired) electrons. The van der Waals surface area contributed by atoms with Crippen LogP contribution in [0.5, 0.6) is 11.5 Å². The van der Waals surface area contributed by atoms with E-state index >= 15 is 0 Å². The van der Waals surface area contributed by atoms with Crippen molar-refractivity contribution < 1.29 is 9.47 Å². The van der Waals surface area contributed by atoms with Crippen molar-refractivity contribution in [3.05, 3.63) is 28.6 Å². The van der Waals surface area contributed by atoms with Crippen molar-refractivity contribution in [3.63, 3.8) is 0 Å². The number of aromatic nitrogens is 2. The molecule has 4 heteroatoms. The molecule has 0 aliphatic carbocycles. The Kier molecular flexibility index (Phi) is 3.28. The summed E-state index contributed by atoms with van der Waals surface area (Å²) in [6.45, 7) is 8.38. The van der Waals surface area contributed by atoms with Gasteiger partial charge in [-0.3, -0.25) is 0 Å². The Morgan fingerprint density at radius 3 is 2.27 bits per heavy atom. The van der Waals surface area contributed by atoms with E-state index in [0.29, 0.717) is 0 Å². The van der Waals surface area contributed by atoms with Gasteiger partial charge in [0.25, 0.3) is 0 Å². The molecule has 0 saturated heterocycles. The second-order valence-corrected chi connectivity index (χ2v) is 5.84. The van der Waals surface area contributed by atoms with Crippen molar-refractivity contribution in [1.82, 2.24) is 9.55 Å². The number of ether oxygens (including phenoxy) is 2. The van der Waals surface area contributed by atoms with Gasteiger partial charge in [-0.05, 0) is 44.9 Å². The molecule has 2 aromatic heterocycles. The van der Waals surface area contributed by atoms with E-state index in [1.807, 2.05) is 13.0 Å². The van der Waals surface area contributed by atoms with Crippen LogP contribution in [0, 0.1) is 27.7 Å². The van der Waals surface area contributed by atoms with E-state index in [1.165, 1.54) is 16.6 Å². The van der Waals surface area contributed by atoms with Crippen molar-refractivity contribution in [1.29, 1.82) is 0 Å². The highest BCUT2D eigenvalue weighted by Crippen LogP contribution is 2.42. The largest absolute Gasteiger partial charge is 0.496 e. The quantitative estimate of drug-likeness (QED) is 0.718. The SMILES string of the molecule is COc1cc(C)c(OC)c2c1nc(C)c1c(C)c(C)n(C)c12. The number of hydrogen-bond donors (Lipinski definition) is 0. The van der Waals surface area contributed by atoms with Crippen molar-refractivity contribution in [2.75, 3.05) is 14.2 Å².